The summed E-state index contributed by atoms with van der Waals surface area (Å²) in [5, 5.41) is 2.98. The van der Waals surface area contributed by atoms with Crippen molar-refractivity contribution in [3.8, 4) is 0 Å². The van der Waals surface area contributed by atoms with E-state index in [1.165, 1.54) is 6.08 Å². The molecule has 0 fully saturated rings. The number of carbonyl (C=O) groups is 1. The van der Waals surface area contributed by atoms with Gasteiger partial charge in [-0.15, -0.1) is 0 Å². The Morgan fingerprint density at radius 2 is 1.92 bits per heavy atom. The minimum Gasteiger partial charge on any atom is -0.406 e. The van der Waals surface area contributed by atoms with Crippen LogP contribution in [0, 0.1) is 0 Å². The molecule has 3 heteroatoms. The summed E-state index contributed by atoms with van der Waals surface area (Å²) in [7, 11) is 0. The van der Waals surface area contributed by atoms with Crippen molar-refractivity contribution in [2.45, 2.75) is 6.54 Å². The zero-order valence-corrected chi connectivity index (χ0v) is 6.99. The van der Waals surface area contributed by atoms with Gasteiger partial charge in [0.2, 0.25) is 5.88 Å². The molecule has 1 N–H and O–H groups in total. The summed E-state index contributed by atoms with van der Waals surface area (Å²) in [6.07, 6.45) is 1.43. The summed E-state index contributed by atoms with van der Waals surface area (Å²) in [6.45, 7) is 0.681. The van der Waals surface area contributed by atoms with Crippen LogP contribution in [0.2, 0.25) is 0 Å². The Balaban J connectivity index is 1.87. The molecular weight excluding hydrogens is 166 g/mol. The van der Waals surface area contributed by atoms with Crippen LogP contribution in [0.25, 0.3) is 0 Å². The predicted molar refractivity (Wildman–Crippen MR) is 47.5 cm³/mol. The number of hydrogen-bond acceptors (Lipinski definition) is 3. The molecule has 0 unspecified atom stereocenters. The predicted octanol–water partition coefficient (Wildman–Crippen LogP) is 1.17. The van der Waals surface area contributed by atoms with Gasteiger partial charge in [0, 0.05) is 6.54 Å². The fourth-order valence-corrected chi connectivity index (χ4v) is 1.09. The van der Waals surface area contributed by atoms with Crippen LogP contribution in [0.1, 0.15) is 5.56 Å². The third-order valence-electron chi connectivity index (χ3n) is 1.77. The molecule has 1 aromatic carbocycles. The smallest absolute Gasteiger partial charge is 0.342 e. The molecule has 1 aliphatic heterocycles. The Bertz CT molecular complexity index is 343. The molecule has 0 spiro atoms. The van der Waals surface area contributed by atoms with Crippen molar-refractivity contribution >= 4 is 5.97 Å². The standard InChI is InChI=1S/C10H9NO2/c12-10-6-9(13-10)11-7-8-4-2-1-3-5-8/h1-6,11H,7H2. The lowest BCUT2D eigenvalue weighted by atomic mass is 10.2. The summed E-state index contributed by atoms with van der Waals surface area (Å²) in [5.41, 5.74) is 1.16. The molecule has 0 aliphatic carbocycles. The Morgan fingerprint density at radius 1 is 1.23 bits per heavy atom. The maximum atomic E-state index is 10.4. The highest BCUT2D eigenvalue weighted by Crippen LogP contribution is 2.07. The number of rotatable bonds is 3. The zero-order chi connectivity index (χ0) is 9.10. The van der Waals surface area contributed by atoms with Crippen LogP contribution in [-0.2, 0) is 16.1 Å². The molecule has 1 heterocycles. The zero-order valence-electron chi connectivity index (χ0n) is 6.99. The van der Waals surface area contributed by atoms with Crippen LogP contribution in [0.15, 0.2) is 42.3 Å². The second-order valence-corrected chi connectivity index (χ2v) is 2.77. The Kier molecular flexibility index (Phi) is 2.00. The van der Waals surface area contributed by atoms with Crippen LogP contribution < -0.4 is 5.32 Å². The molecule has 0 aromatic heterocycles. The van der Waals surface area contributed by atoms with Gasteiger partial charge in [-0.25, -0.2) is 4.79 Å². The molecule has 0 amide bonds. The fraction of sp³-hybridized carbons (Fsp3) is 0.100. The lowest BCUT2D eigenvalue weighted by molar-refractivity contribution is -0.139. The number of hydrogen-bond donors (Lipinski definition) is 1. The van der Waals surface area contributed by atoms with E-state index in [0.717, 1.165) is 5.56 Å². The molecular formula is C10H9NO2. The Labute approximate surface area is 76.0 Å². The largest absolute Gasteiger partial charge is 0.406 e. The van der Waals surface area contributed by atoms with Gasteiger partial charge < -0.3 is 10.1 Å². The average molecular weight is 175 g/mol. The van der Waals surface area contributed by atoms with Crippen LogP contribution in [-0.4, -0.2) is 5.97 Å². The normalized spacial score (nSPS) is 14.2. The van der Waals surface area contributed by atoms with Crippen molar-refractivity contribution in [2.75, 3.05) is 0 Å². The summed E-state index contributed by atoms with van der Waals surface area (Å²) >= 11 is 0. The lowest BCUT2D eigenvalue weighted by Gasteiger charge is -2.15. The van der Waals surface area contributed by atoms with E-state index in [2.05, 4.69) is 10.1 Å². The highest BCUT2D eigenvalue weighted by molar-refractivity contribution is 5.88. The first-order valence-electron chi connectivity index (χ1n) is 4.06. The van der Waals surface area contributed by atoms with Gasteiger partial charge in [-0.2, -0.15) is 0 Å². The van der Waals surface area contributed by atoms with Crippen LogP contribution >= 0.6 is 0 Å². The van der Waals surface area contributed by atoms with Gasteiger partial charge in [0.25, 0.3) is 0 Å². The van der Waals surface area contributed by atoms with E-state index in [1.54, 1.807) is 0 Å². The molecule has 3 nitrogen and oxygen atoms in total. The number of benzene rings is 1. The van der Waals surface area contributed by atoms with Gasteiger partial charge in [0.1, 0.15) is 0 Å². The average Bonchev–Trinajstić information content (AvgIpc) is 2.12. The van der Waals surface area contributed by atoms with E-state index in [0.29, 0.717) is 12.4 Å². The van der Waals surface area contributed by atoms with Gasteiger partial charge in [0.15, 0.2) is 0 Å². The molecule has 0 radical (unpaired) electrons. The van der Waals surface area contributed by atoms with Crippen LogP contribution in [0.4, 0.5) is 0 Å². The number of cyclic esters (lactones) is 1. The van der Waals surface area contributed by atoms with E-state index >= 15 is 0 Å². The molecule has 1 aliphatic rings. The third-order valence-corrected chi connectivity index (χ3v) is 1.77. The van der Waals surface area contributed by atoms with Crippen molar-refractivity contribution in [1.29, 1.82) is 0 Å². The maximum absolute atomic E-state index is 10.4. The number of nitrogens with one attached hydrogen (secondary N) is 1. The molecule has 66 valence electrons. The van der Waals surface area contributed by atoms with Crippen molar-refractivity contribution in [2.24, 2.45) is 0 Å². The van der Waals surface area contributed by atoms with Gasteiger partial charge in [-0.1, -0.05) is 30.3 Å². The minimum absolute atomic E-state index is 0.282. The molecule has 0 saturated carbocycles. The fourth-order valence-electron chi connectivity index (χ4n) is 1.09. The van der Waals surface area contributed by atoms with Crippen LogP contribution in [0.3, 0.4) is 0 Å². The highest BCUT2D eigenvalue weighted by atomic mass is 16.6. The topological polar surface area (TPSA) is 38.3 Å². The van der Waals surface area contributed by atoms with Gasteiger partial charge in [-0.3, -0.25) is 0 Å². The second kappa shape index (κ2) is 3.31. The minimum atomic E-state index is -0.282. The monoisotopic (exact) mass is 175 g/mol. The summed E-state index contributed by atoms with van der Waals surface area (Å²) in [5.74, 6) is 0.268. The molecule has 1 aromatic rings. The van der Waals surface area contributed by atoms with E-state index in [-0.39, 0.29) is 5.97 Å². The van der Waals surface area contributed by atoms with Gasteiger partial charge in [-0.05, 0) is 5.56 Å². The van der Waals surface area contributed by atoms with Crippen molar-refractivity contribution in [3.63, 3.8) is 0 Å². The Hall–Kier alpha value is -1.77. The first-order valence-corrected chi connectivity index (χ1v) is 4.06. The molecule has 13 heavy (non-hydrogen) atoms. The molecule has 0 bridgehead atoms. The maximum Gasteiger partial charge on any atom is 0.342 e. The van der Waals surface area contributed by atoms with E-state index < -0.39 is 0 Å². The quantitative estimate of drug-likeness (QED) is 0.701. The van der Waals surface area contributed by atoms with Crippen molar-refractivity contribution in [1.82, 2.24) is 5.32 Å². The van der Waals surface area contributed by atoms with E-state index in [1.807, 2.05) is 30.3 Å². The van der Waals surface area contributed by atoms with E-state index in [9.17, 15) is 4.79 Å². The van der Waals surface area contributed by atoms with E-state index in [4.69, 9.17) is 0 Å². The second-order valence-electron chi connectivity index (χ2n) is 2.77. The van der Waals surface area contributed by atoms with Crippen LogP contribution in [0.5, 0.6) is 0 Å². The van der Waals surface area contributed by atoms with Crippen molar-refractivity contribution < 1.29 is 9.53 Å². The first kappa shape index (κ1) is 7.86. The summed E-state index contributed by atoms with van der Waals surface area (Å²) in [6, 6.07) is 9.92. The van der Waals surface area contributed by atoms with Gasteiger partial charge >= 0.3 is 5.97 Å². The summed E-state index contributed by atoms with van der Waals surface area (Å²) < 4.78 is 4.67. The molecule has 0 atom stereocenters. The summed E-state index contributed by atoms with van der Waals surface area (Å²) in [4.78, 5) is 10.4. The Morgan fingerprint density at radius 3 is 2.54 bits per heavy atom. The molecule has 0 saturated heterocycles. The lowest BCUT2D eigenvalue weighted by Crippen LogP contribution is -2.25. The number of esters is 1. The number of ether oxygens (including phenoxy) is 1. The number of carbonyl (C=O) groups excluding carboxylic acids is 1. The van der Waals surface area contributed by atoms with Crippen molar-refractivity contribution in [3.05, 3.63) is 47.9 Å². The first-order chi connectivity index (χ1) is 6.34. The molecule has 2 rings (SSSR count). The third kappa shape index (κ3) is 1.87. The SMILES string of the molecule is O=C1C=C(NCc2ccccc2)O1. The highest BCUT2D eigenvalue weighted by Gasteiger charge is 2.15. The van der Waals surface area contributed by atoms with Gasteiger partial charge in [0.05, 0.1) is 6.08 Å².